The van der Waals surface area contributed by atoms with E-state index in [1.165, 1.54) is 0 Å². The van der Waals surface area contributed by atoms with E-state index in [9.17, 15) is 10.1 Å². The fourth-order valence-electron chi connectivity index (χ4n) is 2.00. The van der Waals surface area contributed by atoms with Crippen molar-refractivity contribution in [3.05, 3.63) is 0 Å². The van der Waals surface area contributed by atoms with Gasteiger partial charge < -0.3 is 10.4 Å². The van der Waals surface area contributed by atoms with Gasteiger partial charge >= 0.3 is 0 Å². The van der Waals surface area contributed by atoms with E-state index >= 15 is 0 Å². The van der Waals surface area contributed by atoms with Crippen molar-refractivity contribution in [1.82, 2.24) is 5.32 Å². The van der Waals surface area contributed by atoms with E-state index in [0.29, 0.717) is 19.3 Å². The maximum Gasteiger partial charge on any atom is 0.240 e. The Labute approximate surface area is 104 Å². The summed E-state index contributed by atoms with van der Waals surface area (Å²) in [5, 5.41) is 20.9. The molecule has 17 heavy (non-hydrogen) atoms. The van der Waals surface area contributed by atoms with Crippen molar-refractivity contribution < 1.29 is 9.90 Å². The first-order valence-corrected chi connectivity index (χ1v) is 6.39. The van der Waals surface area contributed by atoms with Gasteiger partial charge in [-0.25, -0.2) is 0 Å². The Balaban J connectivity index is 4.68. The number of aliphatic hydroxyl groups excluding tert-OH is 1. The molecule has 1 unspecified atom stereocenters. The third-order valence-electron chi connectivity index (χ3n) is 2.94. The zero-order chi connectivity index (χ0) is 13.3. The van der Waals surface area contributed by atoms with Gasteiger partial charge in [-0.1, -0.05) is 26.7 Å². The van der Waals surface area contributed by atoms with Crippen LogP contribution in [0.1, 0.15) is 52.9 Å². The number of hydrogen-bond donors (Lipinski definition) is 2. The summed E-state index contributed by atoms with van der Waals surface area (Å²) in [7, 11) is 0. The van der Waals surface area contributed by atoms with Crippen LogP contribution in [0.25, 0.3) is 0 Å². The molecule has 0 spiro atoms. The van der Waals surface area contributed by atoms with Crippen molar-refractivity contribution in [2.24, 2.45) is 5.41 Å². The molecular formula is C13H24N2O2. The Bertz CT molecular complexity index is 265. The summed E-state index contributed by atoms with van der Waals surface area (Å²) in [6, 6.07) is 2.10. The summed E-state index contributed by atoms with van der Waals surface area (Å²) < 4.78 is 0. The summed E-state index contributed by atoms with van der Waals surface area (Å²) in [6.07, 6.45) is 3.33. The molecule has 0 fully saturated rings. The maximum absolute atomic E-state index is 12.1. The zero-order valence-corrected chi connectivity index (χ0v) is 11.1. The highest BCUT2D eigenvalue weighted by Crippen LogP contribution is 2.29. The summed E-state index contributed by atoms with van der Waals surface area (Å²) >= 11 is 0. The van der Waals surface area contributed by atoms with Gasteiger partial charge in [-0.05, 0) is 26.2 Å². The average molecular weight is 240 g/mol. The molecule has 2 N–H and O–H groups in total. The van der Waals surface area contributed by atoms with Crippen molar-refractivity contribution in [3.63, 3.8) is 0 Å². The first-order valence-electron chi connectivity index (χ1n) is 6.39. The third-order valence-corrected chi connectivity index (χ3v) is 2.94. The van der Waals surface area contributed by atoms with Gasteiger partial charge in [0.2, 0.25) is 5.91 Å². The van der Waals surface area contributed by atoms with Crippen LogP contribution in [0, 0.1) is 16.7 Å². The van der Waals surface area contributed by atoms with Crippen molar-refractivity contribution >= 4 is 5.91 Å². The van der Waals surface area contributed by atoms with E-state index in [2.05, 4.69) is 11.4 Å². The van der Waals surface area contributed by atoms with E-state index in [1.54, 1.807) is 0 Å². The lowest BCUT2D eigenvalue weighted by molar-refractivity contribution is -0.129. The van der Waals surface area contributed by atoms with Crippen LogP contribution in [0.4, 0.5) is 0 Å². The summed E-state index contributed by atoms with van der Waals surface area (Å²) in [5.74, 6) is -0.190. The van der Waals surface area contributed by atoms with Crippen LogP contribution in [-0.4, -0.2) is 23.7 Å². The molecule has 4 heteroatoms. The van der Waals surface area contributed by atoms with Crippen molar-refractivity contribution in [1.29, 1.82) is 5.26 Å². The molecule has 4 nitrogen and oxygen atoms in total. The standard InChI is InChI=1S/C13H24N2O2/c1-4-7-13(10-14,8-5-2)12(17)15-11(3)6-9-16/h11,16H,4-9H2,1-3H3,(H,15,17). The minimum Gasteiger partial charge on any atom is -0.396 e. The van der Waals surface area contributed by atoms with E-state index in [4.69, 9.17) is 5.11 Å². The number of nitrogens with zero attached hydrogens (tertiary/aromatic N) is 1. The molecule has 0 aromatic carbocycles. The van der Waals surface area contributed by atoms with Gasteiger partial charge in [0.15, 0.2) is 0 Å². The van der Waals surface area contributed by atoms with Crippen LogP contribution in [0.5, 0.6) is 0 Å². The second kappa shape index (κ2) is 8.08. The van der Waals surface area contributed by atoms with Crippen molar-refractivity contribution in [2.45, 2.75) is 58.9 Å². The van der Waals surface area contributed by atoms with Gasteiger partial charge in [0.25, 0.3) is 0 Å². The van der Waals surface area contributed by atoms with Crippen LogP contribution in [0.3, 0.4) is 0 Å². The molecule has 98 valence electrons. The number of amides is 1. The lowest BCUT2D eigenvalue weighted by atomic mass is 9.79. The van der Waals surface area contributed by atoms with Gasteiger partial charge in [0, 0.05) is 12.6 Å². The Morgan fingerprint density at radius 3 is 2.29 bits per heavy atom. The molecule has 1 atom stereocenters. The predicted octanol–water partition coefficient (Wildman–Crippen LogP) is 1.98. The van der Waals surface area contributed by atoms with Crippen molar-refractivity contribution in [2.75, 3.05) is 6.61 Å². The first kappa shape index (κ1) is 15.9. The van der Waals surface area contributed by atoms with Crippen LogP contribution < -0.4 is 5.32 Å². The predicted molar refractivity (Wildman–Crippen MR) is 67.2 cm³/mol. The molecule has 0 aromatic rings. The highest BCUT2D eigenvalue weighted by Gasteiger charge is 2.37. The number of rotatable bonds is 8. The molecule has 0 bridgehead atoms. The van der Waals surface area contributed by atoms with Gasteiger partial charge in [-0.2, -0.15) is 5.26 Å². The molecule has 0 radical (unpaired) electrons. The normalized spacial score (nSPS) is 12.9. The van der Waals surface area contributed by atoms with E-state index < -0.39 is 5.41 Å². The fourth-order valence-corrected chi connectivity index (χ4v) is 2.00. The molecule has 0 saturated carbocycles. The Hall–Kier alpha value is -1.08. The monoisotopic (exact) mass is 240 g/mol. The average Bonchev–Trinajstić information content (AvgIpc) is 2.28. The summed E-state index contributed by atoms with van der Waals surface area (Å²) in [5.41, 5.74) is -0.896. The SMILES string of the molecule is CCCC(C#N)(CCC)C(=O)NC(C)CCO. The smallest absolute Gasteiger partial charge is 0.240 e. The number of carbonyl (C=O) groups excluding carboxylic acids is 1. The third kappa shape index (κ3) is 4.74. The largest absolute Gasteiger partial charge is 0.396 e. The van der Waals surface area contributed by atoms with Gasteiger partial charge in [0.05, 0.1) is 6.07 Å². The zero-order valence-electron chi connectivity index (χ0n) is 11.1. The minimum absolute atomic E-state index is 0.0442. The second-order valence-electron chi connectivity index (χ2n) is 4.58. The molecule has 0 aliphatic carbocycles. The lowest BCUT2D eigenvalue weighted by Gasteiger charge is -2.26. The van der Waals surface area contributed by atoms with Crippen LogP contribution in [0.15, 0.2) is 0 Å². The van der Waals surface area contributed by atoms with Crippen molar-refractivity contribution in [3.8, 4) is 6.07 Å². The molecule has 0 heterocycles. The summed E-state index contributed by atoms with van der Waals surface area (Å²) in [4.78, 5) is 12.1. The Morgan fingerprint density at radius 2 is 1.94 bits per heavy atom. The van der Waals surface area contributed by atoms with Gasteiger partial charge in [-0.3, -0.25) is 4.79 Å². The number of hydrogen-bond acceptors (Lipinski definition) is 3. The van der Waals surface area contributed by atoms with Gasteiger partial charge in [0.1, 0.15) is 5.41 Å². The van der Waals surface area contributed by atoms with Crippen LogP contribution >= 0.6 is 0 Å². The fraction of sp³-hybridized carbons (Fsp3) is 0.846. The molecular weight excluding hydrogens is 216 g/mol. The van der Waals surface area contributed by atoms with Crippen LogP contribution in [0.2, 0.25) is 0 Å². The molecule has 0 aromatic heterocycles. The second-order valence-corrected chi connectivity index (χ2v) is 4.58. The lowest BCUT2D eigenvalue weighted by Crippen LogP contribution is -2.44. The number of nitriles is 1. The molecule has 0 aliphatic heterocycles. The number of nitrogens with one attached hydrogen (secondary N) is 1. The van der Waals surface area contributed by atoms with E-state index in [0.717, 1.165) is 12.8 Å². The van der Waals surface area contributed by atoms with Gasteiger partial charge in [-0.15, -0.1) is 0 Å². The van der Waals surface area contributed by atoms with E-state index in [1.807, 2.05) is 20.8 Å². The topological polar surface area (TPSA) is 73.1 Å². The first-order chi connectivity index (χ1) is 8.06. The highest BCUT2D eigenvalue weighted by molar-refractivity contribution is 5.85. The molecule has 0 rings (SSSR count). The quantitative estimate of drug-likeness (QED) is 0.681. The van der Waals surface area contributed by atoms with E-state index in [-0.39, 0.29) is 18.6 Å². The highest BCUT2D eigenvalue weighted by atomic mass is 16.3. The number of aliphatic hydroxyl groups is 1. The molecule has 0 aliphatic rings. The number of carbonyl (C=O) groups is 1. The Kier molecular flexibility index (Phi) is 7.56. The molecule has 0 saturated heterocycles. The van der Waals surface area contributed by atoms with Crippen LogP contribution in [-0.2, 0) is 4.79 Å². The summed E-state index contributed by atoms with van der Waals surface area (Å²) in [6.45, 7) is 5.84. The Morgan fingerprint density at radius 1 is 1.41 bits per heavy atom. The maximum atomic E-state index is 12.1. The molecule has 1 amide bonds. The minimum atomic E-state index is -0.896.